The lowest BCUT2D eigenvalue weighted by atomic mass is 10.2. The Kier molecular flexibility index (Phi) is 4.71. The van der Waals surface area contributed by atoms with Crippen LogP contribution in [0.2, 0.25) is 0 Å². The molecule has 0 N–H and O–H groups in total. The van der Waals surface area contributed by atoms with Crippen molar-refractivity contribution in [2.45, 2.75) is 0 Å². The van der Waals surface area contributed by atoms with E-state index in [0.29, 0.717) is 0 Å². The Labute approximate surface area is 156 Å². The van der Waals surface area contributed by atoms with Crippen molar-refractivity contribution in [2.75, 3.05) is 12.2 Å². The van der Waals surface area contributed by atoms with Crippen molar-refractivity contribution in [3.63, 3.8) is 0 Å². The topological polar surface area (TPSA) is 37.2 Å². The van der Waals surface area contributed by atoms with Crippen LogP contribution in [0, 0.1) is 0 Å². The maximum atomic E-state index is 5.24. The van der Waals surface area contributed by atoms with Crippen LogP contribution in [0.25, 0.3) is 0 Å². The lowest BCUT2D eigenvalue weighted by Crippen LogP contribution is -2.20. The summed E-state index contributed by atoms with van der Waals surface area (Å²) in [6, 6.07) is 28.0. The molecule has 26 heavy (non-hydrogen) atoms. The molecule has 0 atom stereocenters. The SMILES string of the molecule is COc1ccc(N2N=C(c3ccccc3)SC(c3ccccc3)=N2)cc1. The third-order valence-electron chi connectivity index (χ3n) is 3.91. The minimum atomic E-state index is 0.805. The molecule has 0 aromatic heterocycles. The van der Waals surface area contributed by atoms with Gasteiger partial charge in [0.15, 0.2) is 0 Å². The van der Waals surface area contributed by atoms with Crippen molar-refractivity contribution in [3.8, 4) is 5.75 Å². The van der Waals surface area contributed by atoms with E-state index in [1.54, 1.807) is 24.0 Å². The number of ether oxygens (including phenoxy) is 1. The summed E-state index contributed by atoms with van der Waals surface area (Å²) < 4.78 is 5.24. The third kappa shape index (κ3) is 3.48. The number of hydrogen-bond acceptors (Lipinski definition) is 5. The Morgan fingerprint density at radius 3 is 1.65 bits per heavy atom. The molecular weight excluding hydrogens is 342 g/mol. The fraction of sp³-hybridized carbons (Fsp3) is 0.0476. The van der Waals surface area contributed by atoms with Gasteiger partial charge in [0.25, 0.3) is 0 Å². The smallest absolute Gasteiger partial charge is 0.132 e. The van der Waals surface area contributed by atoms with Gasteiger partial charge >= 0.3 is 0 Å². The predicted octanol–water partition coefficient (Wildman–Crippen LogP) is 4.97. The Morgan fingerprint density at radius 1 is 0.692 bits per heavy atom. The summed E-state index contributed by atoms with van der Waals surface area (Å²) in [7, 11) is 1.66. The second-order valence-corrected chi connectivity index (χ2v) is 6.61. The summed E-state index contributed by atoms with van der Waals surface area (Å²) in [4.78, 5) is 0. The first-order valence-electron chi connectivity index (χ1n) is 8.23. The van der Waals surface area contributed by atoms with E-state index >= 15 is 0 Å². The molecule has 0 fully saturated rings. The molecular formula is C21H17N3OS. The summed E-state index contributed by atoms with van der Waals surface area (Å²) >= 11 is 1.58. The van der Waals surface area contributed by atoms with Gasteiger partial charge in [0.05, 0.1) is 12.8 Å². The molecule has 5 heteroatoms. The average molecular weight is 359 g/mol. The molecule has 0 spiro atoms. The van der Waals surface area contributed by atoms with Gasteiger partial charge < -0.3 is 4.74 Å². The van der Waals surface area contributed by atoms with Gasteiger partial charge in [-0.2, -0.15) is 0 Å². The Morgan fingerprint density at radius 2 is 1.19 bits per heavy atom. The normalized spacial score (nSPS) is 13.8. The lowest BCUT2D eigenvalue weighted by Gasteiger charge is -2.22. The monoisotopic (exact) mass is 359 g/mol. The Hall–Kier alpha value is -3.05. The van der Waals surface area contributed by atoms with Crippen LogP contribution in [-0.2, 0) is 0 Å². The molecule has 0 radical (unpaired) electrons. The van der Waals surface area contributed by atoms with Gasteiger partial charge in [-0.3, -0.25) is 0 Å². The Balaban J connectivity index is 1.75. The number of hydrogen-bond donors (Lipinski definition) is 0. The standard InChI is InChI=1S/C21H17N3OS/c1-25-19-14-12-18(13-15-19)24-22-20(16-8-4-2-5-9-16)26-21(23-24)17-10-6-3-7-11-17/h2-15H,1H3. The lowest BCUT2D eigenvalue weighted by molar-refractivity contribution is 0.415. The molecule has 1 aliphatic rings. The van der Waals surface area contributed by atoms with E-state index in [1.165, 1.54) is 0 Å². The number of thioether (sulfide) groups is 1. The molecule has 0 bridgehead atoms. The van der Waals surface area contributed by atoms with E-state index in [9.17, 15) is 0 Å². The fourth-order valence-electron chi connectivity index (χ4n) is 2.55. The zero-order valence-corrected chi connectivity index (χ0v) is 15.1. The number of methoxy groups -OCH3 is 1. The summed E-state index contributed by atoms with van der Waals surface area (Å²) in [5.74, 6) is 0.805. The highest BCUT2D eigenvalue weighted by Crippen LogP contribution is 2.29. The number of anilines is 1. The molecule has 1 aliphatic heterocycles. The molecule has 0 saturated carbocycles. The van der Waals surface area contributed by atoms with Gasteiger partial charge in [-0.15, -0.1) is 15.3 Å². The van der Waals surface area contributed by atoms with Gasteiger partial charge in [0.1, 0.15) is 15.8 Å². The number of nitrogens with zero attached hydrogens (tertiary/aromatic N) is 3. The third-order valence-corrected chi connectivity index (χ3v) is 4.93. The van der Waals surface area contributed by atoms with E-state index < -0.39 is 0 Å². The van der Waals surface area contributed by atoms with E-state index in [2.05, 4.69) is 24.3 Å². The van der Waals surface area contributed by atoms with Crippen LogP contribution in [0.4, 0.5) is 5.69 Å². The van der Waals surface area contributed by atoms with Crippen molar-refractivity contribution < 1.29 is 4.74 Å². The van der Waals surface area contributed by atoms with E-state index in [0.717, 1.165) is 32.7 Å². The first-order valence-corrected chi connectivity index (χ1v) is 9.05. The quantitative estimate of drug-likeness (QED) is 0.660. The molecule has 4 rings (SSSR count). The largest absolute Gasteiger partial charge is 0.497 e. The highest BCUT2D eigenvalue weighted by atomic mass is 32.2. The highest BCUT2D eigenvalue weighted by molar-refractivity contribution is 8.27. The molecule has 3 aromatic rings. The zero-order chi connectivity index (χ0) is 17.8. The molecule has 0 saturated heterocycles. The zero-order valence-electron chi connectivity index (χ0n) is 14.2. The van der Waals surface area contributed by atoms with Crippen molar-refractivity contribution >= 4 is 27.5 Å². The fourth-order valence-corrected chi connectivity index (χ4v) is 3.48. The Bertz CT molecular complexity index is 883. The molecule has 128 valence electrons. The van der Waals surface area contributed by atoms with Gasteiger partial charge in [0, 0.05) is 11.1 Å². The summed E-state index contributed by atoms with van der Waals surface area (Å²) in [5.41, 5.74) is 3.02. The van der Waals surface area contributed by atoms with E-state index in [1.807, 2.05) is 60.7 Å². The van der Waals surface area contributed by atoms with Crippen LogP contribution >= 0.6 is 11.8 Å². The van der Waals surface area contributed by atoms with Crippen LogP contribution in [-0.4, -0.2) is 17.2 Å². The van der Waals surface area contributed by atoms with E-state index in [-0.39, 0.29) is 0 Å². The van der Waals surface area contributed by atoms with Crippen LogP contribution in [0.3, 0.4) is 0 Å². The summed E-state index contributed by atoms with van der Waals surface area (Å²) in [6.45, 7) is 0. The predicted molar refractivity (Wildman–Crippen MR) is 109 cm³/mol. The second kappa shape index (κ2) is 7.45. The van der Waals surface area contributed by atoms with Crippen LogP contribution in [0.5, 0.6) is 5.75 Å². The van der Waals surface area contributed by atoms with Gasteiger partial charge in [0.2, 0.25) is 0 Å². The van der Waals surface area contributed by atoms with Gasteiger partial charge in [-0.1, -0.05) is 60.7 Å². The van der Waals surface area contributed by atoms with Gasteiger partial charge in [-0.25, -0.2) is 0 Å². The minimum Gasteiger partial charge on any atom is -0.497 e. The first-order chi connectivity index (χ1) is 12.8. The second-order valence-electron chi connectivity index (χ2n) is 5.63. The molecule has 0 aliphatic carbocycles. The molecule has 3 aromatic carbocycles. The minimum absolute atomic E-state index is 0.805. The summed E-state index contributed by atoms with van der Waals surface area (Å²) in [5, 5.41) is 13.0. The summed E-state index contributed by atoms with van der Waals surface area (Å²) in [6.07, 6.45) is 0. The molecule has 0 amide bonds. The number of rotatable bonds is 4. The van der Waals surface area contributed by atoms with Crippen LogP contribution in [0.1, 0.15) is 11.1 Å². The van der Waals surface area contributed by atoms with Crippen LogP contribution in [0.15, 0.2) is 95.1 Å². The maximum absolute atomic E-state index is 5.24. The van der Waals surface area contributed by atoms with Crippen molar-refractivity contribution in [1.82, 2.24) is 0 Å². The van der Waals surface area contributed by atoms with Crippen molar-refractivity contribution in [3.05, 3.63) is 96.1 Å². The number of benzene rings is 3. The van der Waals surface area contributed by atoms with Crippen molar-refractivity contribution in [1.29, 1.82) is 0 Å². The first kappa shape index (κ1) is 16.4. The van der Waals surface area contributed by atoms with Crippen LogP contribution < -0.4 is 9.85 Å². The van der Waals surface area contributed by atoms with E-state index in [4.69, 9.17) is 14.9 Å². The molecule has 4 nitrogen and oxygen atoms in total. The molecule has 0 unspecified atom stereocenters. The average Bonchev–Trinajstić information content (AvgIpc) is 2.75. The molecule has 1 heterocycles. The number of hydrazone groups is 2. The van der Waals surface area contributed by atoms with Crippen molar-refractivity contribution in [2.24, 2.45) is 10.2 Å². The maximum Gasteiger partial charge on any atom is 0.132 e. The van der Waals surface area contributed by atoms with Gasteiger partial charge in [-0.05, 0) is 36.0 Å². The highest BCUT2D eigenvalue weighted by Gasteiger charge is 2.20.